The maximum atomic E-state index is 14.1. The van der Waals surface area contributed by atoms with E-state index in [0.29, 0.717) is 11.3 Å². The molecule has 100 valence electrons. The minimum Gasteiger partial charge on any atom is -0.497 e. The predicted molar refractivity (Wildman–Crippen MR) is 75.9 cm³/mol. The van der Waals surface area contributed by atoms with Gasteiger partial charge in [0.1, 0.15) is 11.6 Å². The summed E-state index contributed by atoms with van der Waals surface area (Å²) in [5.74, 6) is 0.273. The van der Waals surface area contributed by atoms with E-state index in [9.17, 15) is 4.39 Å². The zero-order valence-electron chi connectivity index (χ0n) is 11.5. The van der Waals surface area contributed by atoms with Crippen LogP contribution in [0.4, 0.5) is 4.39 Å². The molecule has 0 radical (unpaired) electrons. The third-order valence-electron chi connectivity index (χ3n) is 3.14. The normalized spacial score (nSPS) is 10.5. The Morgan fingerprint density at radius 3 is 2.42 bits per heavy atom. The van der Waals surface area contributed by atoms with Crippen LogP contribution in [0.2, 0.25) is 0 Å². The standard InChI is InChI=1S/C16H18FNO/c1-11-8-12(10-18-2)4-6-14(11)15-7-5-13(19-3)9-16(15)17/h4-9,18H,10H2,1-3H3. The highest BCUT2D eigenvalue weighted by Crippen LogP contribution is 2.29. The Kier molecular flexibility index (Phi) is 4.17. The second-order valence-corrected chi connectivity index (χ2v) is 4.53. The molecule has 0 aliphatic heterocycles. The van der Waals surface area contributed by atoms with E-state index in [1.165, 1.54) is 18.7 Å². The molecule has 19 heavy (non-hydrogen) atoms. The van der Waals surface area contributed by atoms with Crippen LogP contribution in [0.3, 0.4) is 0 Å². The van der Waals surface area contributed by atoms with E-state index in [1.807, 2.05) is 26.1 Å². The van der Waals surface area contributed by atoms with Crippen LogP contribution in [0, 0.1) is 12.7 Å². The molecule has 0 saturated carbocycles. The van der Waals surface area contributed by atoms with Gasteiger partial charge in [-0.25, -0.2) is 4.39 Å². The molecular formula is C16H18FNO. The Morgan fingerprint density at radius 2 is 1.84 bits per heavy atom. The van der Waals surface area contributed by atoms with E-state index < -0.39 is 0 Å². The van der Waals surface area contributed by atoms with Crippen LogP contribution in [0.25, 0.3) is 11.1 Å². The van der Waals surface area contributed by atoms with E-state index in [2.05, 4.69) is 11.4 Å². The van der Waals surface area contributed by atoms with E-state index in [-0.39, 0.29) is 5.82 Å². The van der Waals surface area contributed by atoms with Crippen LogP contribution in [0.15, 0.2) is 36.4 Å². The van der Waals surface area contributed by atoms with Gasteiger partial charge in [-0.3, -0.25) is 0 Å². The summed E-state index contributed by atoms with van der Waals surface area (Å²) in [7, 11) is 3.44. The van der Waals surface area contributed by atoms with Crippen molar-refractivity contribution >= 4 is 0 Å². The number of benzene rings is 2. The maximum absolute atomic E-state index is 14.1. The lowest BCUT2D eigenvalue weighted by molar-refractivity contribution is 0.411. The molecule has 0 aromatic heterocycles. The van der Waals surface area contributed by atoms with Gasteiger partial charge in [0.15, 0.2) is 0 Å². The number of nitrogens with one attached hydrogen (secondary N) is 1. The molecule has 2 nitrogen and oxygen atoms in total. The summed E-state index contributed by atoms with van der Waals surface area (Å²) in [6.07, 6.45) is 0. The van der Waals surface area contributed by atoms with Crippen LogP contribution >= 0.6 is 0 Å². The van der Waals surface area contributed by atoms with Crippen LogP contribution in [0.5, 0.6) is 5.75 Å². The van der Waals surface area contributed by atoms with Crippen molar-refractivity contribution in [2.75, 3.05) is 14.2 Å². The van der Waals surface area contributed by atoms with E-state index >= 15 is 0 Å². The Labute approximate surface area is 113 Å². The van der Waals surface area contributed by atoms with Gasteiger partial charge in [-0.1, -0.05) is 18.2 Å². The first-order valence-electron chi connectivity index (χ1n) is 6.23. The highest BCUT2D eigenvalue weighted by atomic mass is 19.1. The van der Waals surface area contributed by atoms with Crippen LogP contribution in [0.1, 0.15) is 11.1 Å². The molecule has 0 saturated heterocycles. The molecule has 0 heterocycles. The van der Waals surface area contributed by atoms with Crippen molar-refractivity contribution < 1.29 is 9.13 Å². The van der Waals surface area contributed by atoms with Gasteiger partial charge in [0.2, 0.25) is 0 Å². The molecule has 2 aromatic carbocycles. The molecular weight excluding hydrogens is 241 g/mol. The number of rotatable bonds is 4. The van der Waals surface area contributed by atoms with Crippen LogP contribution in [-0.2, 0) is 6.54 Å². The molecule has 2 aromatic rings. The minimum absolute atomic E-state index is 0.260. The molecule has 0 fully saturated rings. The minimum atomic E-state index is -0.260. The fraction of sp³-hybridized carbons (Fsp3) is 0.250. The smallest absolute Gasteiger partial charge is 0.134 e. The molecule has 0 amide bonds. The molecule has 0 spiro atoms. The molecule has 0 aliphatic rings. The monoisotopic (exact) mass is 259 g/mol. The van der Waals surface area contributed by atoms with Crippen molar-refractivity contribution in [3.05, 3.63) is 53.3 Å². The molecule has 1 N–H and O–H groups in total. The summed E-state index contributed by atoms with van der Waals surface area (Å²) in [4.78, 5) is 0. The summed E-state index contributed by atoms with van der Waals surface area (Å²) in [5.41, 5.74) is 3.78. The summed E-state index contributed by atoms with van der Waals surface area (Å²) >= 11 is 0. The van der Waals surface area contributed by atoms with Gasteiger partial charge >= 0.3 is 0 Å². The summed E-state index contributed by atoms with van der Waals surface area (Å²) < 4.78 is 19.1. The van der Waals surface area contributed by atoms with Crippen molar-refractivity contribution in [1.82, 2.24) is 5.32 Å². The Bertz CT molecular complexity index is 581. The van der Waals surface area contributed by atoms with Gasteiger partial charge in [-0.05, 0) is 42.8 Å². The largest absolute Gasteiger partial charge is 0.497 e. The second-order valence-electron chi connectivity index (χ2n) is 4.53. The third-order valence-corrected chi connectivity index (χ3v) is 3.14. The van der Waals surface area contributed by atoms with Crippen molar-refractivity contribution in [2.24, 2.45) is 0 Å². The molecule has 0 aliphatic carbocycles. The van der Waals surface area contributed by atoms with Gasteiger partial charge < -0.3 is 10.1 Å². The highest BCUT2D eigenvalue weighted by Gasteiger charge is 2.09. The zero-order chi connectivity index (χ0) is 13.8. The highest BCUT2D eigenvalue weighted by molar-refractivity contribution is 5.68. The van der Waals surface area contributed by atoms with Crippen molar-refractivity contribution in [1.29, 1.82) is 0 Å². The third kappa shape index (κ3) is 2.93. The van der Waals surface area contributed by atoms with Gasteiger partial charge in [-0.15, -0.1) is 0 Å². The summed E-state index contributed by atoms with van der Waals surface area (Å²) in [5, 5.41) is 3.11. The number of ether oxygens (including phenoxy) is 1. The number of hydrogen-bond acceptors (Lipinski definition) is 2. The molecule has 0 bridgehead atoms. The quantitative estimate of drug-likeness (QED) is 0.907. The van der Waals surface area contributed by atoms with Gasteiger partial charge in [0, 0.05) is 18.2 Å². The SMILES string of the molecule is CNCc1ccc(-c2ccc(OC)cc2F)c(C)c1. The molecule has 0 atom stereocenters. The predicted octanol–water partition coefficient (Wildman–Crippen LogP) is 3.53. The Hall–Kier alpha value is -1.87. The zero-order valence-corrected chi connectivity index (χ0v) is 11.5. The van der Waals surface area contributed by atoms with Crippen LogP contribution in [-0.4, -0.2) is 14.2 Å². The number of aryl methyl sites for hydroxylation is 1. The summed E-state index contributed by atoms with van der Waals surface area (Å²) in [6.45, 7) is 2.81. The average molecular weight is 259 g/mol. The van der Waals surface area contributed by atoms with Crippen LogP contribution < -0.4 is 10.1 Å². The number of hydrogen-bond donors (Lipinski definition) is 1. The fourth-order valence-corrected chi connectivity index (χ4v) is 2.18. The molecule has 2 rings (SSSR count). The van der Waals surface area contributed by atoms with Gasteiger partial charge in [-0.2, -0.15) is 0 Å². The topological polar surface area (TPSA) is 21.3 Å². The summed E-state index contributed by atoms with van der Waals surface area (Å²) in [6, 6.07) is 11.0. The average Bonchev–Trinajstić information content (AvgIpc) is 2.40. The fourth-order valence-electron chi connectivity index (χ4n) is 2.18. The van der Waals surface area contributed by atoms with Gasteiger partial charge in [0.05, 0.1) is 7.11 Å². The van der Waals surface area contributed by atoms with Gasteiger partial charge in [0.25, 0.3) is 0 Å². The molecule has 3 heteroatoms. The number of halogens is 1. The van der Waals surface area contributed by atoms with Crippen molar-refractivity contribution in [2.45, 2.75) is 13.5 Å². The molecule has 0 unspecified atom stereocenters. The lowest BCUT2D eigenvalue weighted by Crippen LogP contribution is -2.05. The lowest BCUT2D eigenvalue weighted by atomic mass is 9.98. The second kappa shape index (κ2) is 5.85. The first-order chi connectivity index (χ1) is 9.15. The van der Waals surface area contributed by atoms with E-state index in [4.69, 9.17) is 4.74 Å². The number of methoxy groups -OCH3 is 1. The Morgan fingerprint density at radius 1 is 1.11 bits per heavy atom. The lowest BCUT2D eigenvalue weighted by Gasteiger charge is -2.10. The van der Waals surface area contributed by atoms with Crippen molar-refractivity contribution in [3.8, 4) is 16.9 Å². The maximum Gasteiger partial charge on any atom is 0.134 e. The van der Waals surface area contributed by atoms with E-state index in [1.54, 1.807) is 12.1 Å². The first kappa shape index (κ1) is 13.6. The Balaban J connectivity index is 2.41. The first-order valence-corrected chi connectivity index (χ1v) is 6.23. The van der Waals surface area contributed by atoms with Crippen molar-refractivity contribution in [3.63, 3.8) is 0 Å². The van der Waals surface area contributed by atoms with E-state index in [0.717, 1.165) is 17.7 Å².